The van der Waals surface area contributed by atoms with E-state index in [1.54, 1.807) is 12.1 Å². The highest BCUT2D eigenvalue weighted by molar-refractivity contribution is 5.84. The minimum Gasteiger partial charge on any atom is -0.419 e. The molecule has 1 aromatic carbocycles. The van der Waals surface area contributed by atoms with Crippen LogP contribution in [0.25, 0.3) is 11.5 Å². The molecule has 144 valence electrons. The van der Waals surface area contributed by atoms with Gasteiger partial charge in [-0.15, -0.1) is 10.2 Å². The summed E-state index contributed by atoms with van der Waals surface area (Å²) in [5, 5.41) is 8.15. The van der Waals surface area contributed by atoms with Crippen molar-refractivity contribution in [2.45, 2.75) is 39.2 Å². The van der Waals surface area contributed by atoms with E-state index in [9.17, 15) is 9.18 Å². The molecule has 0 bridgehead atoms. The number of aromatic nitrogens is 2. The summed E-state index contributed by atoms with van der Waals surface area (Å²) in [6.07, 6.45) is 3.91. The van der Waals surface area contributed by atoms with E-state index in [1.165, 1.54) is 12.1 Å². The largest absolute Gasteiger partial charge is 0.419 e. The lowest BCUT2D eigenvalue weighted by atomic mass is 9.78. The molecule has 1 aromatic heterocycles. The SMILES string of the molecule is CCCN1CCCC2(CCN(Cc3nnc(-c4cccc(F)c4)o3)C2)C1=O. The van der Waals surface area contributed by atoms with Crippen molar-refractivity contribution in [1.82, 2.24) is 20.0 Å². The van der Waals surface area contributed by atoms with Crippen LogP contribution in [0.15, 0.2) is 28.7 Å². The van der Waals surface area contributed by atoms with Crippen LogP contribution in [0.1, 0.15) is 38.5 Å². The molecule has 1 amide bonds. The van der Waals surface area contributed by atoms with Crippen LogP contribution in [0.4, 0.5) is 4.39 Å². The van der Waals surface area contributed by atoms with Crippen LogP contribution in [0.5, 0.6) is 0 Å². The van der Waals surface area contributed by atoms with Crippen molar-refractivity contribution in [3.05, 3.63) is 36.0 Å². The molecular weight excluding hydrogens is 347 g/mol. The van der Waals surface area contributed by atoms with E-state index in [2.05, 4.69) is 22.0 Å². The van der Waals surface area contributed by atoms with E-state index in [4.69, 9.17) is 4.42 Å². The van der Waals surface area contributed by atoms with Crippen molar-refractivity contribution in [1.29, 1.82) is 0 Å². The number of benzene rings is 1. The summed E-state index contributed by atoms with van der Waals surface area (Å²) in [5.74, 6) is 0.798. The van der Waals surface area contributed by atoms with Crippen molar-refractivity contribution >= 4 is 5.91 Å². The van der Waals surface area contributed by atoms with Gasteiger partial charge in [-0.3, -0.25) is 9.69 Å². The van der Waals surface area contributed by atoms with Crippen LogP contribution in [-0.2, 0) is 11.3 Å². The molecule has 6 nitrogen and oxygen atoms in total. The summed E-state index contributed by atoms with van der Waals surface area (Å²) in [6.45, 7) is 5.95. The lowest BCUT2D eigenvalue weighted by Crippen LogP contribution is -2.50. The molecule has 2 saturated heterocycles. The molecule has 2 fully saturated rings. The van der Waals surface area contributed by atoms with Gasteiger partial charge in [0.15, 0.2) is 0 Å². The fourth-order valence-corrected chi connectivity index (χ4v) is 4.35. The zero-order valence-corrected chi connectivity index (χ0v) is 15.7. The monoisotopic (exact) mass is 372 g/mol. The van der Waals surface area contributed by atoms with Crippen LogP contribution in [-0.4, -0.2) is 52.1 Å². The Hall–Kier alpha value is -2.28. The first kappa shape index (κ1) is 18.1. The summed E-state index contributed by atoms with van der Waals surface area (Å²) in [7, 11) is 0. The van der Waals surface area contributed by atoms with E-state index >= 15 is 0 Å². The third-order valence-electron chi connectivity index (χ3n) is 5.65. The molecule has 2 aliphatic rings. The number of carbonyl (C=O) groups is 1. The van der Waals surface area contributed by atoms with Gasteiger partial charge in [-0.1, -0.05) is 13.0 Å². The molecule has 1 spiro atoms. The predicted molar refractivity (Wildman–Crippen MR) is 98.1 cm³/mol. The van der Waals surface area contributed by atoms with Gasteiger partial charge in [0.05, 0.1) is 12.0 Å². The van der Waals surface area contributed by atoms with Gasteiger partial charge >= 0.3 is 0 Å². The molecule has 1 unspecified atom stereocenters. The van der Waals surface area contributed by atoms with Gasteiger partial charge in [0.2, 0.25) is 17.7 Å². The van der Waals surface area contributed by atoms with E-state index in [1.807, 2.05) is 4.90 Å². The normalized spacial score (nSPS) is 23.5. The van der Waals surface area contributed by atoms with Gasteiger partial charge in [-0.05, 0) is 50.4 Å². The minimum atomic E-state index is -0.332. The number of piperidine rings is 1. The number of hydrogen-bond donors (Lipinski definition) is 0. The molecule has 2 aliphatic heterocycles. The average Bonchev–Trinajstić information content (AvgIpc) is 3.28. The van der Waals surface area contributed by atoms with E-state index in [0.717, 1.165) is 51.9 Å². The molecule has 4 rings (SSSR count). The molecule has 3 heterocycles. The van der Waals surface area contributed by atoms with Crippen molar-refractivity contribution in [3.8, 4) is 11.5 Å². The summed E-state index contributed by atoms with van der Waals surface area (Å²) in [6, 6.07) is 6.13. The molecule has 0 N–H and O–H groups in total. The second kappa shape index (κ2) is 7.38. The average molecular weight is 372 g/mol. The molecule has 27 heavy (non-hydrogen) atoms. The smallest absolute Gasteiger partial charge is 0.247 e. The first-order chi connectivity index (χ1) is 13.1. The van der Waals surface area contributed by atoms with Gasteiger partial charge in [-0.25, -0.2) is 4.39 Å². The van der Waals surface area contributed by atoms with Crippen molar-refractivity contribution in [2.75, 3.05) is 26.2 Å². The van der Waals surface area contributed by atoms with Crippen LogP contribution < -0.4 is 0 Å². The van der Waals surface area contributed by atoms with Crippen LogP contribution in [0, 0.1) is 11.2 Å². The van der Waals surface area contributed by atoms with Crippen molar-refractivity contribution < 1.29 is 13.6 Å². The van der Waals surface area contributed by atoms with E-state index in [-0.39, 0.29) is 11.2 Å². The van der Waals surface area contributed by atoms with Crippen LogP contribution in [0.2, 0.25) is 0 Å². The summed E-state index contributed by atoms with van der Waals surface area (Å²) in [5.41, 5.74) is 0.322. The Morgan fingerprint density at radius 1 is 1.26 bits per heavy atom. The number of amides is 1. The number of hydrogen-bond acceptors (Lipinski definition) is 5. The zero-order valence-electron chi connectivity index (χ0n) is 15.7. The highest BCUT2D eigenvalue weighted by Gasteiger charge is 2.48. The molecule has 0 saturated carbocycles. The summed E-state index contributed by atoms with van der Waals surface area (Å²) < 4.78 is 19.1. The third kappa shape index (κ3) is 3.60. The third-order valence-corrected chi connectivity index (χ3v) is 5.65. The standard InChI is InChI=1S/C20H25FN4O2/c1-2-9-25-10-4-7-20(19(25)26)8-11-24(14-20)13-17-22-23-18(27-17)15-5-3-6-16(21)12-15/h3,5-6,12H,2,4,7-11,13-14H2,1H3. The van der Waals surface area contributed by atoms with Gasteiger partial charge < -0.3 is 9.32 Å². The fourth-order valence-electron chi connectivity index (χ4n) is 4.35. The second-order valence-corrected chi connectivity index (χ2v) is 7.65. The maximum absolute atomic E-state index is 13.4. The Labute approximate surface area is 158 Å². The van der Waals surface area contributed by atoms with Crippen LogP contribution >= 0.6 is 0 Å². The Bertz CT molecular complexity index is 822. The maximum atomic E-state index is 13.4. The highest BCUT2D eigenvalue weighted by atomic mass is 19.1. The maximum Gasteiger partial charge on any atom is 0.247 e. The second-order valence-electron chi connectivity index (χ2n) is 7.65. The van der Waals surface area contributed by atoms with Gasteiger partial charge in [0.1, 0.15) is 5.82 Å². The lowest BCUT2D eigenvalue weighted by molar-refractivity contribution is -0.145. The lowest BCUT2D eigenvalue weighted by Gasteiger charge is -2.39. The number of carbonyl (C=O) groups excluding carboxylic acids is 1. The molecule has 2 aromatic rings. The zero-order chi connectivity index (χ0) is 18.9. The Kier molecular flexibility index (Phi) is 4.95. The Morgan fingerprint density at radius 2 is 2.15 bits per heavy atom. The van der Waals surface area contributed by atoms with E-state index < -0.39 is 0 Å². The minimum absolute atomic E-state index is 0.251. The first-order valence-electron chi connectivity index (χ1n) is 9.70. The molecular formula is C20H25FN4O2. The van der Waals surface area contributed by atoms with Gasteiger partial charge in [0, 0.05) is 25.2 Å². The fraction of sp³-hybridized carbons (Fsp3) is 0.550. The van der Waals surface area contributed by atoms with Gasteiger partial charge in [-0.2, -0.15) is 0 Å². The topological polar surface area (TPSA) is 62.5 Å². The molecule has 0 aliphatic carbocycles. The molecule has 0 radical (unpaired) electrons. The van der Waals surface area contributed by atoms with Crippen molar-refractivity contribution in [3.63, 3.8) is 0 Å². The predicted octanol–water partition coefficient (Wildman–Crippen LogP) is 3.10. The van der Waals surface area contributed by atoms with Crippen LogP contribution in [0.3, 0.4) is 0 Å². The number of nitrogens with zero attached hydrogens (tertiary/aromatic N) is 4. The molecule has 1 atom stereocenters. The van der Waals surface area contributed by atoms with E-state index in [0.29, 0.717) is 29.8 Å². The van der Waals surface area contributed by atoms with Crippen molar-refractivity contribution in [2.24, 2.45) is 5.41 Å². The number of rotatable bonds is 5. The van der Waals surface area contributed by atoms with Gasteiger partial charge in [0.25, 0.3) is 0 Å². The highest BCUT2D eigenvalue weighted by Crippen LogP contribution is 2.40. The Balaban J connectivity index is 1.42. The summed E-state index contributed by atoms with van der Waals surface area (Å²) in [4.78, 5) is 17.2. The molecule has 7 heteroatoms. The first-order valence-corrected chi connectivity index (χ1v) is 9.70. The number of halogens is 1. The summed E-state index contributed by atoms with van der Waals surface area (Å²) >= 11 is 0. The Morgan fingerprint density at radius 3 is 2.96 bits per heavy atom. The quantitative estimate of drug-likeness (QED) is 0.807. The number of likely N-dealkylation sites (tertiary alicyclic amines) is 2.